The van der Waals surface area contributed by atoms with Crippen LogP contribution in [0, 0.1) is 0 Å². The summed E-state index contributed by atoms with van der Waals surface area (Å²) in [6.45, 7) is 2.71. The molecule has 1 aliphatic rings. The lowest BCUT2D eigenvalue weighted by Crippen LogP contribution is -2.23. The molecule has 0 amide bonds. The van der Waals surface area contributed by atoms with E-state index in [4.69, 9.17) is 0 Å². The van der Waals surface area contributed by atoms with Gasteiger partial charge in [-0.1, -0.05) is 67.6 Å². The average molecular weight is 319 g/mol. The highest BCUT2D eigenvalue weighted by Gasteiger charge is 2.21. The molecule has 0 saturated carbocycles. The molecule has 0 spiro atoms. The molecule has 2 nitrogen and oxygen atoms in total. The Labute approximate surface area is 144 Å². The lowest BCUT2D eigenvalue weighted by molar-refractivity contribution is -0.116. The molecule has 2 heteroatoms. The summed E-state index contributed by atoms with van der Waals surface area (Å²) in [7, 11) is 0. The number of hydrogen-bond donors (Lipinski definition) is 1. The molecule has 1 atom stereocenters. The monoisotopic (exact) mass is 319 g/mol. The van der Waals surface area contributed by atoms with Crippen molar-refractivity contribution in [3.63, 3.8) is 0 Å². The van der Waals surface area contributed by atoms with E-state index in [1.165, 1.54) is 22.3 Å². The molecule has 2 aromatic rings. The third-order valence-corrected chi connectivity index (χ3v) is 4.59. The van der Waals surface area contributed by atoms with Gasteiger partial charge in [0.15, 0.2) is 0 Å². The maximum absolute atomic E-state index is 11.4. The highest BCUT2D eigenvalue weighted by Crippen LogP contribution is 2.14. The van der Waals surface area contributed by atoms with Crippen LogP contribution in [0.25, 0.3) is 6.08 Å². The first-order valence-corrected chi connectivity index (χ1v) is 8.81. The second-order valence-corrected chi connectivity index (χ2v) is 6.55. The van der Waals surface area contributed by atoms with Gasteiger partial charge in [0.2, 0.25) is 0 Å². The Morgan fingerprint density at radius 3 is 2.58 bits per heavy atom. The third-order valence-electron chi connectivity index (χ3n) is 4.59. The van der Waals surface area contributed by atoms with Crippen molar-refractivity contribution in [1.29, 1.82) is 0 Å². The van der Waals surface area contributed by atoms with E-state index < -0.39 is 0 Å². The molecule has 1 N–H and O–H groups in total. The summed E-state index contributed by atoms with van der Waals surface area (Å²) in [5, 5.41) is 3.28. The van der Waals surface area contributed by atoms with E-state index >= 15 is 0 Å². The number of carbonyl (C=O) groups is 1. The minimum absolute atomic E-state index is 0.300. The zero-order valence-electron chi connectivity index (χ0n) is 14.3. The number of ketones is 1. The lowest BCUT2D eigenvalue weighted by Gasteiger charge is -2.09. The van der Waals surface area contributed by atoms with E-state index in [0.717, 1.165) is 19.3 Å². The fourth-order valence-corrected chi connectivity index (χ4v) is 3.17. The van der Waals surface area contributed by atoms with E-state index in [1.54, 1.807) is 0 Å². The number of Topliss-reactive ketones (excluding diaryl/α,β-unsaturated/α-hetero) is 1. The van der Waals surface area contributed by atoms with Crippen molar-refractivity contribution in [3.8, 4) is 0 Å². The van der Waals surface area contributed by atoms with Gasteiger partial charge < -0.3 is 5.32 Å². The summed E-state index contributed by atoms with van der Waals surface area (Å²) >= 11 is 0. The Balaban J connectivity index is 1.58. The predicted molar refractivity (Wildman–Crippen MR) is 100 cm³/mol. The van der Waals surface area contributed by atoms with Crippen LogP contribution in [0.1, 0.15) is 35.6 Å². The number of nitrogens with one attached hydrogen (secondary N) is 1. The van der Waals surface area contributed by atoms with E-state index in [-0.39, 0.29) is 0 Å². The summed E-state index contributed by atoms with van der Waals surface area (Å²) in [5.41, 5.74) is 5.24. The van der Waals surface area contributed by atoms with Crippen molar-refractivity contribution in [2.45, 2.75) is 38.6 Å². The van der Waals surface area contributed by atoms with Gasteiger partial charge in [-0.15, -0.1) is 0 Å². The van der Waals surface area contributed by atoms with Crippen LogP contribution in [0.2, 0.25) is 0 Å². The molecule has 0 aromatic heterocycles. The normalized spacial score (nSPS) is 17.7. The molecule has 0 bridgehead atoms. The van der Waals surface area contributed by atoms with Crippen molar-refractivity contribution >= 4 is 11.9 Å². The van der Waals surface area contributed by atoms with Gasteiger partial charge in [-0.25, -0.2) is 0 Å². The molecule has 0 aliphatic carbocycles. The standard InChI is InChI=1S/C22H25NO/c1-2-17-9-11-18(12-10-17)5-3-6-19-7-4-8-20(13-19)14-21-15-22(24)16-23-21/h3-4,6-13,21,23H,2,5,14-16H2,1H3/b6-3+. The summed E-state index contributed by atoms with van der Waals surface area (Å²) in [5.74, 6) is 0.324. The molecule has 1 aliphatic heterocycles. The Bertz CT molecular complexity index is 715. The van der Waals surface area contributed by atoms with Crippen molar-refractivity contribution < 1.29 is 4.79 Å². The second kappa shape index (κ2) is 8.07. The van der Waals surface area contributed by atoms with Gasteiger partial charge in [0.1, 0.15) is 5.78 Å². The predicted octanol–water partition coefficient (Wildman–Crippen LogP) is 3.98. The van der Waals surface area contributed by atoms with Crippen LogP contribution in [0.5, 0.6) is 0 Å². The number of rotatable bonds is 6. The summed E-state index contributed by atoms with van der Waals surface area (Å²) in [6.07, 6.45) is 8.03. The summed E-state index contributed by atoms with van der Waals surface area (Å²) in [6, 6.07) is 17.7. The molecule has 2 aromatic carbocycles. The highest BCUT2D eigenvalue weighted by molar-refractivity contribution is 5.83. The highest BCUT2D eigenvalue weighted by atomic mass is 16.1. The first kappa shape index (κ1) is 16.7. The maximum atomic E-state index is 11.4. The van der Waals surface area contributed by atoms with Gasteiger partial charge in [-0.2, -0.15) is 0 Å². The third kappa shape index (κ3) is 4.65. The van der Waals surface area contributed by atoms with Crippen LogP contribution < -0.4 is 5.32 Å². The number of carbonyl (C=O) groups excluding carboxylic acids is 1. The van der Waals surface area contributed by atoms with E-state index in [2.05, 4.69) is 72.9 Å². The molecule has 1 fully saturated rings. The zero-order chi connectivity index (χ0) is 16.8. The van der Waals surface area contributed by atoms with Crippen molar-refractivity contribution in [1.82, 2.24) is 5.32 Å². The topological polar surface area (TPSA) is 29.1 Å². The first-order chi connectivity index (χ1) is 11.7. The number of allylic oxidation sites excluding steroid dienone is 1. The fourth-order valence-electron chi connectivity index (χ4n) is 3.17. The van der Waals surface area contributed by atoms with Gasteiger partial charge in [0, 0.05) is 12.5 Å². The summed E-state index contributed by atoms with van der Waals surface area (Å²) in [4.78, 5) is 11.4. The molecule has 3 rings (SSSR count). The average Bonchev–Trinajstić information content (AvgIpc) is 3.01. The van der Waals surface area contributed by atoms with E-state index in [0.29, 0.717) is 24.8 Å². The Kier molecular flexibility index (Phi) is 5.60. The molecule has 1 unspecified atom stereocenters. The molecular weight excluding hydrogens is 294 g/mol. The zero-order valence-corrected chi connectivity index (χ0v) is 14.3. The van der Waals surface area contributed by atoms with Crippen LogP contribution in [0.4, 0.5) is 0 Å². The second-order valence-electron chi connectivity index (χ2n) is 6.55. The SMILES string of the molecule is CCc1ccc(C/C=C/c2cccc(CC3CC(=O)CN3)c2)cc1. The minimum atomic E-state index is 0.300. The van der Waals surface area contributed by atoms with Crippen LogP contribution in [-0.2, 0) is 24.1 Å². The van der Waals surface area contributed by atoms with E-state index in [1.807, 2.05) is 0 Å². The number of aryl methyl sites for hydroxylation is 1. The number of benzene rings is 2. The first-order valence-electron chi connectivity index (χ1n) is 8.81. The van der Waals surface area contributed by atoms with Gasteiger partial charge >= 0.3 is 0 Å². The van der Waals surface area contributed by atoms with E-state index in [9.17, 15) is 4.79 Å². The largest absolute Gasteiger partial charge is 0.306 e. The van der Waals surface area contributed by atoms with Crippen molar-refractivity contribution in [2.24, 2.45) is 0 Å². The molecule has 24 heavy (non-hydrogen) atoms. The lowest BCUT2D eigenvalue weighted by atomic mass is 10.0. The molecular formula is C22H25NO. The Morgan fingerprint density at radius 1 is 1.08 bits per heavy atom. The van der Waals surface area contributed by atoms with Crippen LogP contribution in [0.15, 0.2) is 54.6 Å². The summed E-state index contributed by atoms with van der Waals surface area (Å²) < 4.78 is 0. The van der Waals surface area contributed by atoms with Crippen LogP contribution >= 0.6 is 0 Å². The molecule has 1 saturated heterocycles. The number of hydrogen-bond acceptors (Lipinski definition) is 2. The van der Waals surface area contributed by atoms with Crippen LogP contribution in [0.3, 0.4) is 0 Å². The van der Waals surface area contributed by atoms with Crippen molar-refractivity contribution in [2.75, 3.05) is 6.54 Å². The maximum Gasteiger partial charge on any atom is 0.148 e. The van der Waals surface area contributed by atoms with Gasteiger partial charge in [0.05, 0.1) is 6.54 Å². The van der Waals surface area contributed by atoms with Crippen molar-refractivity contribution in [3.05, 3.63) is 76.9 Å². The smallest absolute Gasteiger partial charge is 0.148 e. The molecule has 124 valence electrons. The molecule has 1 heterocycles. The Morgan fingerprint density at radius 2 is 1.88 bits per heavy atom. The fraction of sp³-hybridized carbons (Fsp3) is 0.318. The van der Waals surface area contributed by atoms with Crippen LogP contribution in [-0.4, -0.2) is 18.4 Å². The quantitative estimate of drug-likeness (QED) is 0.872. The van der Waals surface area contributed by atoms with Gasteiger partial charge in [0.25, 0.3) is 0 Å². The molecule has 0 radical (unpaired) electrons. The Hall–Kier alpha value is -2.19. The van der Waals surface area contributed by atoms with Gasteiger partial charge in [-0.05, 0) is 41.5 Å². The minimum Gasteiger partial charge on any atom is -0.306 e. The van der Waals surface area contributed by atoms with Gasteiger partial charge in [-0.3, -0.25) is 4.79 Å².